The molecule has 1 N–H and O–H groups in total. The van der Waals surface area contributed by atoms with Crippen LogP contribution < -0.4 is 4.74 Å². The van der Waals surface area contributed by atoms with Crippen molar-refractivity contribution in [3.63, 3.8) is 0 Å². The zero-order chi connectivity index (χ0) is 16.2. The quantitative estimate of drug-likeness (QED) is 0.785. The van der Waals surface area contributed by atoms with Crippen molar-refractivity contribution in [3.05, 3.63) is 72.1 Å². The van der Waals surface area contributed by atoms with E-state index in [9.17, 15) is 9.90 Å². The Hall–Kier alpha value is -3.08. The van der Waals surface area contributed by atoms with Crippen LogP contribution in [-0.2, 0) is 6.54 Å². The van der Waals surface area contributed by atoms with Gasteiger partial charge in [0.15, 0.2) is 0 Å². The summed E-state index contributed by atoms with van der Waals surface area (Å²) >= 11 is 0. The summed E-state index contributed by atoms with van der Waals surface area (Å²) in [5, 5.41) is 9.30. The van der Waals surface area contributed by atoms with Crippen molar-refractivity contribution in [2.45, 2.75) is 6.54 Å². The van der Waals surface area contributed by atoms with E-state index in [4.69, 9.17) is 4.74 Å². The van der Waals surface area contributed by atoms with Crippen LogP contribution in [0.4, 0.5) is 0 Å². The molecular formula is C18H16N2O3. The highest BCUT2D eigenvalue weighted by Crippen LogP contribution is 2.22. The molecule has 0 amide bonds. The maximum atomic E-state index is 11.3. The average Bonchev–Trinajstić information content (AvgIpc) is 3.03. The zero-order valence-corrected chi connectivity index (χ0v) is 12.6. The lowest BCUT2D eigenvalue weighted by atomic mass is 10.1. The van der Waals surface area contributed by atoms with E-state index >= 15 is 0 Å². The first-order chi connectivity index (χ1) is 11.2. The summed E-state index contributed by atoms with van der Waals surface area (Å²) in [5.74, 6) is 0.641. The zero-order valence-electron chi connectivity index (χ0n) is 12.6. The van der Waals surface area contributed by atoms with Gasteiger partial charge in [0.2, 0.25) is 0 Å². The lowest BCUT2D eigenvalue weighted by Gasteiger charge is -2.10. The standard InChI is InChI=1S/C18H16N2O3/c1-23-15-8-6-13(7-9-15)17-19-10-11-20(17)12-14-4-2-3-5-16(14)18(21)22/h2-11H,12H2,1H3,(H,21,22). The number of nitrogens with zero attached hydrogens (tertiary/aromatic N) is 2. The molecule has 0 unspecified atom stereocenters. The number of rotatable bonds is 5. The minimum Gasteiger partial charge on any atom is -0.497 e. The summed E-state index contributed by atoms with van der Waals surface area (Å²) in [4.78, 5) is 15.7. The molecule has 0 aliphatic rings. The highest BCUT2D eigenvalue weighted by Gasteiger charge is 2.12. The van der Waals surface area contributed by atoms with E-state index in [1.807, 2.05) is 47.2 Å². The topological polar surface area (TPSA) is 64.4 Å². The normalized spacial score (nSPS) is 10.5. The number of hydrogen-bond acceptors (Lipinski definition) is 3. The number of carbonyl (C=O) groups is 1. The van der Waals surface area contributed by atoms with Crippen LogP contribution >= 0.6 is 0 Å². The monoisotopic (exact) mass is 308 g/mol. The number of imidazole rings is 1. The highest BCUT2D eigenvalue weighted by molar-refractivity contribution is 5.89. The van der Waals surface area contributed by atoms with Gasteiger partial charge in [-0.15, -0.1) is 0 Å². The molecule has 5 heteroatoms. The number of ether oxygens (including phenoxy) is 1. The molecule has 1 heterocycles. The molecule has 0 saturated heterocycles. The minimum absolute atomic E-state index is 0.307. The smallest absolute Gasteiger partial charge is 0.336 e. The van der Waals surface area contributed by atoms with Crippen molar-refractivity contribution >= 4 is 5.97 Å². The third kappa shape index (κ3) is 3.08. The molecule has 0 atom stereocenters. The van der Waals surface area contributed by atoms with Gasteiger partial charge in [0.05, 0.1) is 12.7 Å². The van der Waals surface area contributed by atoms with E-state index in [1.54, 1.807) is 25.4 Å². The largest absolute Gasteiger partial charge is 0.497 e. The maximum Gasteiger partial charge on any atom is 0.336 e. The molecule has 0 aliphatic carbocycles. The molecule has 1 aromatic heterocycles. The van der Waals surface area contributed by atoms with Crippen molar-refractivity contribution < 1.29 is 14.6 Å². The Morgan fingerprint density at radius 2 is 1.91 bits per heavy atom. The van der Waals surface area contributed by atoms with E-state index < -0.39 is 5.97 Å². The summed E-state index contributed by atoms with van der Waals surface area (Å²) in [7, 11) is 1.62. The van der Waals surface area contributed by atoms with Gasteiger partial charge in [-0.2, -0.15) is 0 Å². The Bertz CT molecular complexity index is 822. The highest BCUT2D eigenvalue weighted by atomic mass is 16.5. The summed E-state index contributed by atoms with van der Waals surface area (Å²) in [6.45, 7) is 0.448. The van der Waals surface area contributed by atoms with Crippen LogP contribution in [0, 0.1) is 0 Å². The SMILES string of the molecule is COc1ccc(-c2nccn2Cc2ccccc2C(=O)O)cc1. The van der Waals surface area contributed by atoms with Gasteiger partial charge < -0.3 is 14.4 Å². The molecule has 3 aromatic rings. The van der Waals surface area contributed by atoms with E-state index in [-0.39, 0.29) is 0 Å². The third-order valence-corrected chi connectivity index (χ3v) is 3.65. The summed E-state index contributed by atoms with van der Waals surface area (Å²) in [6, 6.07) is 14.6. The second kappa shape index (κ2) is 6.36. The number of hydrogen-bond donors (Lipinski definition) is 1. The van der Waals surface area contributed by atoms with Crippen molar-refractivity contribution in [2.75, 3.05) is 7.11 Å². The molecule has 0 aliphatic heterocycles. The number of aromatic carboxylic acids is 1. The van der Waals surface area contributed by atoms with E-state index in [1.165, 1.54) is 0 Å². The summed E-state index contributed by atoms with van der Waals surface area (Å²) in [6.07, 6.45) is 3.56. The van der Waals surface area contributed by atoms with Crippen LogP contribution in [0.15, 0.2) is 60.9 Å². The first-order valence-electron chi connectivity index (χ1n) is 7.16. The molecule has 23 heavy (non-hydrogen) atoms. The fourth-order valence-corrected chi connectivity index (χ4v) is 2.49. The Kier molecular flexibility index (Phi) is 4.10. The van der Waals surface area contributed by atoms with Crippen LogP contribution in [0.5, 0.6) is 5.75 Å². The molecule has 0 fully saturated rings. The summed E-state index contributed by atoms with van der Waals surface area (Å²) < 4.78 is 7.10. The number of carboxylic acid groups (broad SMARTS) is 1. The Labute approximate surface area is 133 Å². The number of aromatic nitrogens is 2. The molecular weight excluding hydrogens is 292 g/mol. The molecule has 0 spiro atoms. The van der Waals surface area contributed by atoms with Gasteiger partial charge in [0, 0.05) is 24.5 Å². The summed E-state index contributed by atoms with van der Waals surface area (Å²) in [5.41, 5.74) is 2.00. The van der Waals surface area contributed by atoms with E-state index in [0.29, 0.717) is 12.1 Å². The van der Waals surface area contributed by atoms with Crippen LogP contribution in [-0.4, -0.2) is 27.7 Å². The van der Waals surface area contributed by atoms with Gasteiger partial charge in [-0.25, -0.2) is 9.78 Å². The van der Waals surface area contributed by atoms with Gasteiger partial charge in [0.1, 0.15) is 11.6 Å². The first kappa shape index (κ1) is 14.8. The van der Waals surface area contributed by atoms with Crippen LogP contribution in [0.2, 0.25) is 0 Å². The van der Waals surface area contributed by atoms with E-state index in [0.717, 1.165) is 22.7 Å². The molecule has 116 valence electrons. The second-order valence-electron chi connectivity index (χ2n) is 5.07. The predicted octanol–water partition coefficient (Wildman–Crippen LogP) is 3.31. The van der Waals surface area contributed by atoms with Crippen molar-refractivity contribution in [1.29, 1.82) is 0 Å². The predicted molar refractivity (Wildman–Crippen MR) is 86.7 cm³/mol. The molecule has 3 rings (SSSR count). The molecule has 5 nitrogen and oxygen atoms in total. The van der Waals surface area contributed by atoms with Crippen molar-refractivity contribution in [1.82, 2.24) is 9.55 Å². The van der Waals surface area contributed by atoms with Crippen molar-refractivity contribution in [3.8, 4) is 17.1 Å². The maximum absolute atomic E-state index is 11.3. The van der Waals surface area contributed by atoms with Gasteiger partial charge in [-0.3, -0.25) is 0 Å². The van der Waals surface area contributed by atoms with Crippen LogP contribution in [0.25, 0.3) is 11.4 Å². The first-order valence-corrected chi connectivity index (χ1v) is 7.16. The second-order valence-corrected chi connectivity index (χ2v) is 5.07. The fraction of sp³-hybridized carbons (Fsp3) is 0.111. The van der Waals surface area contributed by atoms with E-state index in [2.05, 4.69) is 4.98 Å². The van der Waals surface area contributed by atoms with Gasteiger partial charge in [-0.1, -0.05) is 18.2 Å². The van der Waals surface area contributed by atoms with Crippen LogP contribution in [0.1, 0.15) is 15.9 Å². The third-order valence-electron chi connectivity index (χ3n) is 3.65. The molecule has 2 aromatic carbocycles. The Balaban J connectivity index is 1.94. The Morgan fingerprint density at radius 1 is 1.17 bits per heavy atom. The van der Waals surface area contributed by atoms with Crippen LogP contribution in [0.3, 0.4) is 0 Å². The average molecular weight is 308 g/mol. The minimum atomic E-state index is -0.924. The van der Waals surface area contributed by atoms with Gasteiger partial charge in [-0.05, 0) is 35.9 Å². The molecule has 0 saturated carbocycles. The molecule has 0 radical (unpaired) electrons. The van der Waals surface area contributed by atoms with Crippen molar-refractivity contribution in [2.24, 2.45) is 0 Å². The van der Waals surface area contributed by atoms with Gasteiger partial charge >= 0.3 is 5.97 Å². The Morgan fingerprint density at radius 3 is 2.61 bits per heavy atom. The number of carboxylic acids is 1. The number of benzene rings is 2. The fourth-order valence-electron chi connectivity index (χ4n) is 2.49. The lowest BCUT2D eigenvalue weighted by Crippen LogP contribution is -2.07. The van der Waals surface area contributed by atoms with Gasteiger partial charge in [0.25, 0.3) is 0 Å². The lowest BCUT2D eigenvalue weighted by molar-refractivity contribution is 0.0695. The number of methoxy groups -OCH3 is 1. The molecule has 0 bridgehead atoms.